The van der Waals surface area contributed by atoms with Gasteiger partial charge in [-0.1, -0.05) is 35.9 Å². The van der Waals surface area contributed by atoms with Crippen LogP contribution in [0.25, 0.3) is 5.76 Å². The molecule has 1 aromatic rings. The van der Waals surface area contributed by atoms with Gasteiger partial charge in [0, 0.05) is 11.1 Å². The fraction of sp³-hybridized carbons (Fsp3) is 0.231. The van der Waals surface area contributed by atoms with Crippen LogP contribution in [0, 0.1) is 0 Å². The van der Waals surface area contributed by atoms with E-state index in [0.29, 0.717) is 16.9 Å². The van der Waals surface area contributed by atoms with Crippen molar-refractivity contribution < 1.29 is 14.3 Å². The summed E-state index contributed by atoms with van der Waals surface area (Å²) in [5, 5.41) is -0.137. The molecule has 1 aromatic carbocycles. The fourth-order valence-corrected chi connectivity index (χ4v) is 1.91. The minimum atomic E-state index is -0.707. The van der Waals surface area contributed by atoms with Gasteiger partial charge in [0.1, 0.15) is 10.8 Å². The molecule has 2 rings (SSSR count). The smallest absolute Gasteiger partial charge is 0.248 e. The van der Waals surface area contributed by atoms with E-state index in [1.54, 1.807) is 24.3 Å². The van der Waals surface area contributed by atoms with Crippen molar-refractivity contribution in [3.05, 3.63) is 40.4 Å². The van der Waals surface area contributed by atoms with Crippen molar-refractivity contribution in [3.63, 3.8) is 0 Å². The predicted octanol–water partition coefficient (Wildman–Crippen LogP) is 2.78. The van der Waals surface area contributed by atoms with Crippen molar-refractivity contribution >= 4 is 28.9 Å². The zero-order valence-electron chi connectivity index (χ0n) is 9.49. The number of ether oxygens (including phenoxy) is 1. The molecule has 0 N–H and O–H groups in total. The highest BCUT2D eigenvalue weighted by molar-refractivity contribution is 6.64. The molecule has 0 atom stereocenters. The van der Waals surface area contributed by atoms with Gasteiger partial charge in [-0.05, 0) is 13.8 Å². The fourth-order valence-electron chi connectivity index (χ4n) is 1.67. The molecule has 1 aliphatic rings. The maximum Gasteiger partial charge on any atom is 0.248 e. The summed E-state index contributed by atoms with van der Waals surface area (Å²) in [6.45, 7) is 3.67. The van der Waals surface area contributed by atoms with Crippen molar-refractivity contribution in [2.45, 2.75) is 20.0 Å². The summed E-state index contributed by atoms with van der Waals surface area (Å²) in [6.07, 6.45) is -0.118. The standard InChI is InChI=1S/C13H11ClO3/c1-7(2)17-13-9-6-4-3-5-8(9)11(15)12(16)10(13)14/h3-7H,1-2H3. The monoisotopic (exact) mass is 250 g/mol. The van der Waals surface area contributed by atoms with Gasteiger partial charge in [0.2, 0.25) is 11.6 Å². The third-order valence-corrected chi connectivity index (χ3v) is 2.72. The number of ketones is 2. The second-order valence-corrected chi connectivity index (χ2v) is 4.39. The molecule has 0 unspecified atom stereocenters. The summed E-state index contributed by atoms with van der Waals surface area (Å²) < 4.78 is 5.52. The van der Waals surface area contributed by atoms with Crippen LogP contribution >= 0.6 is 11.6 Å². The van der Waals surface area contributed by atoms with Crippen molar-refractivity contribution in [2.75, 3.05) is 0 Å². The molecule has 1 aliphatic carbocycles. The van der Waals surface area contributed by atoms with E-state index < -0.39 is 11.6 Å². The molecular weight excluding hydrogens is 240 g/mol. The Bertz CT molecular complexity index is 529. The topological polar surface area (TPSA) is 43.4 Å². The lowest BCUT2D eigenvalue weighted by atomic mass is 9.93. The number of hydrogen-bond acceptors (Lipinski definition) is 3. The molecule has 88 valence electrons. The van der Waals surface area contributed by atoms with Crippen LogP contribution in [0.2, 0.25) is 0 Å². The van der Waals surface area contributed by atoms with E-state index in [2.05, 4.69) is 0 Å². The number of Topliss-reactive ketones (excluding diaryl/α,β-unsaturated/α-hetero) is 2. The van der Waals surface area contributed by atoms with E-state index in [4.69, 9.17) is 16.3 Å². The van der Waals surface area contributed by atoms with Gasteiger partial charge in [0.25, 0.3) is 0 Å². The number of halogens is 1. The van der Waals surface area contributed by atoms with Crippen LogP contribution in [0.1, 0.15) is 29.8 Å². The molecule has 0 saturated heterocycles. The number of benzene rings is 1. The summed E-state index contributed by atoms with van der Waals surface area (Å²) in [5.74, 6) is -0.996. The van der Waals surface area contributed by atoms with Crippen LogP contribution in [-0.4, -0.2) is 17.7 Å². The molecule has 0 fully saturated rings. The Hall–Kier alpha value is -1.61. The maximum atomic E-state index is 11.7. The molecule has 0 saturated carbocycles. The molecule has 17 heavy (non-hydrogen) atoms. The first-order valence-electron chi connectivity index (χ1n) is 5.27. The lowest BCUT2D eigenvalue weighted by Gasteiger charge is -2.20. The van der Waals surface area contributed by atoms with Crippen molar-refractivity contribution in [3.8, 4) is 0 Å². The summed E-state index contributed by atoms with van der Waals surface area (Å²) in [6, 6.07) is 6.80. The van der Waals surface area contributed by atoms with Gasteiger partial charge in [0.05, 0.1) is 6.10 Å². The zero-order chi connectivity index (χ0) is 12.6. The SMILES string of the molecule is CC(C)OC1=C(Cl)C(=O)C(=O)c2ccccc21. The number of carbonyl (C=O) groups is 2. The number of carbonyl (C=O) groups excluding carboxylic acids is 2. The highest BCUT2D eigenvalue weighted by Gasteiger charge is 2.33. The first kappa shape index (κ1) is 11.9. The van der Waals surface area contributed by atoms with E-state index in [0.717, 1.165) is 0 Å². The Morgan fingerprint density at radius 2 is 1.65 bits per heavy atom. The highest BCUT2D eigenvalue weighted by Crippen LogP contribution is 2.32. The summed E-state index contributed by atoms with van der Waals surface area (Å²) >= 11 is 5.88. The Morgan fingerprint density at radius 3 is 2.24 bits per heavy atom. The average Bonchev–Trinajstić information content (AvgIpc) is 2.31. The molecule has 4 heteroatoms. The van der Waals surface area contributed by atoms with Crippen molar-refractivity contribution in [1.82, 2.24) is 0 Å². The Labute approximate surface area is 104 Å². The quantitative estimate of drug-likeness (QED) is 0.758. The number of hydrogen-bond donors (Lipinski definition) is 0. The third-order valence-electron chi connectivity index (χ3n) is 2.37. The van der Waals surface area contributed by atoms with Gasteiger partial charge in [0.15, 0.2) is 0 Å². The van der Waals surface area contributed by atoms with Crippen LogP contribution in [0.3, 0.4) is 0 Å². The highest BCUT2D eigenvalue weighted by atomic mass is 35.5. The molecule has 0 aromatic heterocycles. The second-order valence-electron chi connectivity index (χ2n) is 4.01. The van der Waals surface area contributed by atoms with Crippen molar-refractivity contribution in [1.29, 1.82) is 0 Å². The van der Waals surface area contributed by atoms with Crippen LogP contribution < -0.4 is 0 Å². The minimum Gasteiger partial charge on any atom is -0.489 e. The van der Waals surface area contributed by atoms with Gasteiger partial charge in [-0.3, -0.25) is 9.59 Å². The van der Waals surface area contributed by atoms with Gasteiger partial charge >= 0.3 is 0 Å². The third kappa shape index (κ3) is 1.98. The van der Waals surface area contributed by atoms with Crippen LogP contribution in [-0.2, 0) is 9.53 Å². The lowest BCUT2D eigenvalue weighted by molar-refractivity contribution is -0.111. The number of fused-ring (bicyclic) bond motifs is 1. The molecule has 0 radical (unpaired) electrons. The Kier molecular flexibility index (Phi) is 3.03. The maximum absolute atomic E-state index is 11.7. The van der Waals surface area contributed by atoms with Crippen LogP contribution in [0.15, 0.2) is 29.3 Å². The van der Waals surface area contributed by atoms with E-state index in [1.165, 1.54) is 0 Å². The summed E-state index contributed by atoms with van der Waals surface area (Å²) in [7, 11) is 0. The molecule has 0 heterocycles. The number of allylic oxidation sites excluding steroid dienone is 1. The molecule has 0 spiro atoms. The number of rotatable bonds is 2. The van der Waals surface area contributed by atoms with Crippen LogP contribution in [0.4, 0.5) is 0 Å². The molecular formula is C13H11ClO3. The molecule has 0 aliphatic heterocycles. The summed E-state index contributed by atoms with van der Waals surface area (Å²) in [5.41, 5.74) is 0.924. The van der Waals surface area contributed by atoms with E-state index in [9.17, 15) is 9.59 Å². The molecule has 0 amide bonds. The molecule has 0 bridgehead atoms. The van der Waals surface area contributed by atoms with E-state index in [-0.39, 0.29) is 11.1 Å². The first-order chi connectivity index (χ1) is 8.02. The first-order valence-corrected chi connectivity index (χ1v) is 5.65. The second kappa shape index (κ2) is 4.34. The van der Waals surface area contributed by atoms with Crippen LogP contribution in [0.5, 0.6) is 0 Å². The molecule has 3 nitrogen and oxygen atoms in total. The largest absolute Gasteiger partial charge is 0.489 e. The van der Waals surface area contributed by atoms with E-state index >= 15 is 0 Å². The zero-order valence-corrected chi connectivity index (χ0v) is 10.2. The normalized spacial score (nSPS) is 15.3. The lowest BCUT2D eigenvalue weighted by Crippen LogP contribution is -2.23. The Morgan fingerprint density at radius 1 is 1.06 bits per heavy atom. The van der Waals surface area contributed by atoms with E-state index in [1.807, 2.05) is 13.8 Å². The van der Waals surface area contributed by atoms with Gasteiger partial charge in [-0.2, -0.15) is 0 Å². The average molecular weight is 251 g/mol. The van der Waals surface area contributed by atoms with Gasteiger partial charge in [-0.25, -0.2) is 0 Å². The van der Waals surface area contributed by atoms with Gasteiger partial charge < -0.3 is 4.74 Å². The minimum absolute atomic E-state index is 0.118. The Balaban J connectivity index is 2.62. The summed E-state index contributed by atoms with van der Waals surface area (Å²) in [4.78, 5) is 23.4. The predicted molar refractivity (Wildman–Crippen MR) is 64.8 cm³/mol. The van der Waals surface area contributed by atoms with Crippen molar-refractivity contribution in [2.24, 2.45) is 0 Å². The van der Waals surface area contributed by atoms with Gasteiger partial charge in [-0.15, -0.1) is 0 Å².